The number of hydrogen-bond donors (Lipinski definition) is 0. The van der Waals surface area contributed by atoms with Crippen molar-refractivity contribution in [3.05, 3.63) is 23.0 Å². The predicted molar refractivity (Wildman–Crippen MR) is 50.3 cm³/mol. The minimum absolute atomic E-state index is 0.678. The summed E-state index contributed by atoms with van der Waals surface area (Å²) in [6.45, 7) is 9.87. The first-order valence-electron chi connectivity index (χ1n) is 4.37. The Hall–Kier alpha value is -0.760. The fraction of sp³-hybridized carbons (Fsp3) is 0.600. The molecule has 0 spiro atoms. The topological polar surface area (TPSA) is 14.2 Å². The zero-order valence-corrected chi connectivity index (χ0v) is 8.35. The molecule has 1 aromatic heterocycles. The first kappa shape index (κ1) is 9.33. The molecule has 0 amide bonds. The van der Waals surface area contributed by atoms with Crippen molar-refractivity contribution in [3.8, 4) is 0 Å². The van der Waals surface area contributed by atoms with E-state index in [9.17, 15) is 0 Å². The molecule has 0 radical (unpaired) electrons. The van der Waals surface area contributed by atoms with Crippen LogP contribution < -0.4 is 0 Å². The molecule has 0 aliphatic rings. The highest BCUT2D eigenvalue weighted by atomic mass is 16.5. The summed E-state index contributed by atoms with van der Waals surface area (Å²) in [4.78, 5) is 0. The maximum absolute atomic E-state index is 5.33. The summed E-state index contributed by atoms with van der Waals surface area (Å²) in [6, 6.07) is 0. The second kappa shape index (κ2) is 3.76. The Kier molecular flexibility index (Phi) is 2.93. The van der Waals surface area contributed by atoms with Crippen LogP contribution in [0.4, 0.5) is 0 Å². The van der Waals surface area contributed by atoms with Crippen LogP contribution in [-0.2, 0) is 11.5 Å². The van der Waals surface area contributed by atoms with Crippen LogP contribution >= 0.6 is 0 Å². The summed E-state index contributed by atoms with van der Waals surface area (Å²) in [6.07, 6.45) is 2.14. The van der Waals surface area contributed by atoms with Crippen LogP contribution in [0.1, 0.15) is 23.7 Å². The Morgan fingerprint density at radius 2 is 2.00 bits per heavy atom. The summed E-state index contributed by atoms with van der Waals surface area (Å²) in [5.74, 6) is 0. The first-order chi connectivity index (χ1) is 5.66. The van der Waals surface area contributed by atoms with Crippen molar-refractivity contribution in [1.82, 2.24) is 4.57 Å². The Morgan fingerprint density at radius 3 is 2.42 bits per heavy atom. The second-order valence-electron chi connectivity index (χ2n) is 3.11. The van der Waals surface area contributed by atoms with Gasteiger partial charge in [-0.2, -0.15) is 0 Å². The third kappa shape index (κ3) is 1.69. The van der Waals surface area contributed by atoms with Crippen LogP contribution in [0.3, 0.4) is 0 Å². The van der Waals surface area contributed by atoms with E-state index in [-0.39, 0.29) is 0 Å². The molecule has 0 atom stereocenters. The van der Waals surface area contributed by atoms with Gasteiger partial charge >= 0.3 is 0 Å². The number of rotatable bonds is 3. The van der Waals surface area contributed by atoms with E-state index in [0.717, 1.165) is 6.61 Å². The number of aromatic nitrogens is 1. The third-order valence-electron chi connectivity index (χ3n) is 2.35. The number of aryl methyl sites for hydroxylation is 1. The highest BCUT2D eigenvalue weighted by molar-refractivity contribution is 5.28. The lowest BCUT2D eigenvalue weighted by Crippen LogP contribution is -2.02. The second-order valence-corrected chi connectivity index (χ2v) is 3.11. The fourth-order valence-corrected chi connectivity index (χ4v) is 1.25. The van der Waals surface area contributed by atoms with E-state index >= 15 is 0 Å². The first-order valence-corrected chi connectivity index (χ1v) is 4.37. The van der Waals surface area contributed by atoms with Gasteiger partial charge in [-0.15, -0.1) is 0 Å². The van der Waals surface area contributed by atoms with Crippen molar-refractivity contribution < 1.29 is 4.74 Å². The van der Waals surface area contributed by atoms with E-state index in [0.29, 0.717) is 6.73 Å². The van der Waals surface area contributed by atoms with E-state index in [1.54, 1.807) is 0 Å². The van der Waals surface area contributed by atoms with Crippen LogP contribution in [-0.4, -0.2) is 11.2 Å². The van der Waals surface area contributed by atoms with Gasteiger partial charge in [-0.1, -0.05) is 0 Å². The molecule has 0 fully saturated rings. The van der Waals surface area contributed by atoms with E-state index < -0.39 is 0 Å². The average Bonchev–Trinajstić information content (AvgIpc) is 2.30. The molecule has 2 heteroatoms. The van der Waals surface area contributed by atoms with Crippen LogP contribution in [0.25, 0.3) is 0 Å². The quantitative estimate of drug-likeness (QED) is 0.674. The molecule has 0 N–H and O–H groups in total. The van der Waals surface area contributed by atoms with E-state index in [2.05, 4.69) is 31.5 Å². The van der Waals surface area contributed by atoms with Gasteiger partial charge in [0.05, 0.1) is 0 Å². The molecule has 0 saturated heterocycles. The van der Waals surface area contributed by atoms with Gasteiger partial charge in [-0.05, 0) is 38.8 Å². The van der Waals surface area contributed by atoms with Crippen LogP contribution in [0.5, 0.6) is 0 Å². The molecule has 0 aliphatic heterocycles. The van der Waals surface area contributed by atoms with Crippen molar-refractivity contribution in [2.24, 2.45) is 0 Å². The molecule has 0 aliphatic carbocycles. The maximum atomic E-state index is 5.33. The lowest BCUT2D eigenvalue weighted by molar-refractivity contribution is 0.0867. The molecule has 0 aromatic carbocycles. The van der Waals surface area contributed by atoms with Crippen molar-refractivity contribution in [1.29, 1.82) is 0 Å². The molecular formula is C10H17NO. The zero-order chi connectivity index (χ0) is 9.14. The molecular weight excluding hydrogens is 150 g/mol. The lowest BCUT2D eigenvalue weighted by Gasteiger charge is -2.05. The van der Waals surface area contributed by atoms with Gasteiger partial charge < -0.3 is 9.30 Å². The standard InChI is InChI=1S/C10H17NO/c1-5-12-7-11-6-8(2)9(3)10(11)4/h6H,5,7H2,1-4H3. The average molecular weight is 167 g/mol. The van der Waals surface area contributed by atoms with Crippen LogP contribution in [0.2, 0.25) is 0 Å². The third-order valence-corrected chi connectivity index (χ3v) is 2.35. The predicted octanol–water partition coefficient (Wildman–Crippen LogP) is 2.41. The Bertz CT molecular complexity index is 263. The number of nitrogens with zero attached hydrogens (tertiary/aromatic N) is 1. The van der Waals surface area contributed by atoms with Gasteiger partial charge in [0.15, 0.2) is 0 Å². The normalized spacial score (nSPS) is 10.7. The maximum Gasteiger partial charge on any atom is 0.122 e. The molecule has 1 aromatic rings. The Balaban J connectivity index is 2.79. The summed E-state index contributed by atoms with van der Waals surface area (Å²) >= 11 is 0. The van der Waals surface area contributed by atoms with Gasteiger partial charge in [0.2, 0.25) is 0 Å². The molecule has 1 heterocycles. The van der Waals surface area contributed by atoms with Gasteiger partial charge in [-0.3, -0.25) is 0 Å². The summed E-state index contributed by atoms with van der Waals surface area (Å²) in [5, 5.41) is 0. The number of ether oxygens (including phenoxy) is 1. The SMILES string of the molecule is CCOCn1cc(C)c(C)c1C. The Labute approximate surface area is 74.2 Å². The van der Waals surface area contributed by atoms with Crippen LogP contribution in [0.15, 0.2) is 6.20 Å². The van der Waals surface area contributed by atoms with E-state index in [1.807, 2.05) is 6.92 Å². The van der Waals surface area contributed by atoms with Gasteiger partial charge in [0.1, 0.15) is 6.73 Å². The minimum Gasteiger partial charge on any atom is -0.361 e. The van der Waals surface area contributed by atoms with Crippen molar-refractivity contribution in [3.63, 3.8) is 0 Å². The lowest BCUT2D eigenvalue weighted by atomic mass is 10.2. The smallest absolute Gasteiger partial charge is 0.122 e. The highest BCUT2D eigenvalue weighted by Crippen LogP contribution is 2.14. The van der Waals surface area contributed by atoms with Gasteiger partial charge in [0, 0.05) is 18.5 Å². The minimum atomic E-state index is 0.678. The molecule has 0 unspecified atom stereocenters. The molecule has 12 heavy (non-hydrogen) atoms. The van der Waals surface area contributed by atoms with Crippen molar-refractivity contribution >= 4 is 0 Å². The van der Waals surface area contributed by atoms with Gasteiger partial charge in [0.25, 0.3) is 0 Å². The zero-order valence-electron chi connectivity index (χ0n) is 8.35. The van der Waals surface area contributed by atoms with E-state index in [1.165, 1.54) is 16.8 Å². The largest absolute Gasteiger partial charge is 0.361 e. The summed E-state index contributed by atoms with van der Waals surface area (Å²) in [7, 11) is 0. The molecule has 0 saturated carbocycles. The molecule has 2 nitrogen and oxygen atoms in total. The Morgan fingerprint density at radius 1 is 1.33 bits per heavy atom. The van der Waals surface area contributed by atoms with Crippen molar-refractivity contribution in [2.45, 2.75) is 34.4 Å². The molecule has 1 rings (SSSR count). The molecule has 68 valence electrons. The van der Waals surface area contributed by atoms with Gasteiger partial charge in [-0.25, -0.2) is 0 Å². The summed E-state index contributed by atoms with van der Waals surface area (Å²) < 4.78 is 7.48. The molecule has 0 bridgehead atoms. The number of hydrogen-bond acceptors (Lipinski definition) is 1. The van der Waals surface area contributed by atoms with E-state index in [4.69, 9.17) is 4.74 Å². The highest BCUT2D eigenvalue weighted by Gasteiger charge is 2.03. The monoisotopic (exact) mass is 167 g/mol. The van der Waals surface area contributed by atoms with Crippen LogP contribution in [0, 0.1) is 20.8 Å². The summed E-state index contributed by atoms with van der Waals surface area (Å²) in [5.41, 5.74) is 4.02. The fourth-order valence-electron chi connectivity index (χ4n) is 1.25. The van der Waals surface area contributed by atoms with Crippen molar-refractivity contribution in [2.75, 3.05) is 6.61 Å².